The summed E-state index contributed by atoms with van der Waals surface area (Å²) in [5, 5.41) is 3.74. The zero-order valence-electron chi connectivity index (χ0n) is 17.3. The Morgan fingerprint density at radius 1 is 0.933 bits per heavy atom. The SMILES string of the molecule is CCc1ccc(NC(=O)Cn2ccc3ccn(Cc4ccccc4C)c3c2=O)cc1. The van der Waals surface area contributed by atoms with E-state index in [-0.39, 0.29) is 18.0 Å². The van der Waals surface area contributed by atoms with E-state index in [1.54, 1.807) is 6.20 Å². The Morgan fingerprint density at radius 2 is 1.63 bits per heavy atom. The molecule has 4 rings (SSSR count). The van der Waals surface area contributed by atoms with Gasteiger partial charge in [-0.3, -0.25) is 9.59 Å². The highest BCUT2D eigenvalue weighted by atomic mass is 16.2. The molecule has 0 saturated carbocycles. The van der Waals surface area contributed by atoms with Crippen LogP contribution < -0.4 is 10.9 Å². The minimum Gasteiger partial charge on any atom is -0.339 e. The molecular formula is C25H25N3O2. The fourth-order valence-electron chi connectivity index (χ4n) is 3.65. The molecule has 2 aromatic carbocycles. The zero-order chi connectivity index (χ0) is 21.1. The molecule has 0 aliphatic carbocycles. The van der Waals surface area contributed by atoms with Gasteiger partial charge >= 0.3 is 0 Å². The summed E-state index contributed by atoms with van der Waals surface area (Å²) in [7, 11) is 0. The quantitative estimate of drug-likeness (QED) is 0.524. The number of benzene rings is 2. The summed E-state index contributed by atoms with van der Waals surface area (Å²) in [6.07, 6.45) is 4.56. The van der Waals surface area contributed by atoms with Crippen LogP contribution in [0.3, 0.4) is 0 Å². The molecule has 0 spiro atoms. The number of aromatic nitrogens is 2. The second-order valence-electron chi connectivity index (χ2n) is 7.52. The maximum Gasteiger partial charge on any atom is 0.275 e. The number of hydrogen-bond donors (Lipinski definition) is 1. The molecule has 2 heterocycles. The van der Waals surface area contributed by atoms with Crippen LogP contribution in [0, 0.1) is 6.92 Å². The van der Waals surface area contributed by atoms with Crippen LogP contribution in [0.25, 0.3) is 10.9 Å². The Bertz CT molecular complexity index is 1250. The van der Waals surface area contributed by atoms with E-state index in [1.165, 1.54) is 15.7 Å². The van der Waals surface area contributed by atoms with Crippen molar-refractivity contribution in [3.63, 3.8) is 0 Å². The third-order valence-electron chi connectivity index (χ3n) is 5.45. The summed E-state index contributed by atoms with van der Waals surface area (Å²) < 4.78 is 3.42. The Morgan fingerprint density at radius 3 is 2.33 bits per heavy atom. The van der Waals surface area contributed by atoms with E-state index in [0.29, 0.717) is 12.1 Å². The van der Waals surface area contributed by atoms with E-state index in [1.807, 2.05) is 59.3 Å². The van der Waals surface area contributed by atoms with Crippen molar-refractivity contribution in [3.05, 3.63) is 100 Å². The number of carbonyl (C=O) groups is 1. The van der Waals surface area contributed by atoms with E-state index in [4.69, 9.17) is 0 Å². The molecule has 152 valence electrons. The van der Waals surface area contributed by atoms with Gasteiger partial charge in [-0.15, -0.1) is 0 Å². The topological polar surface area (TPSA) is 56.0 Å². The maximum atomic E-state index is 13.1. The average molecular weight is 399 g/mol. The van der Waals surface area contributed by atoms with Gasteiger partial charge in [-0.1, -0.05) is 43.3 Å². The molecule has 0 unspecified atom stereocenters. The molecule has 2 aromatic heterocycles. The third kappa shape index (κ3) is 4.06. The van der Waals surface area contributed by atoms with Crippen LogP contribution in [0.2, 0.25) is 0 Å². The fraction of sp³-hybridized carbons (Fsp3) is 0.200. The van der Waals surface area contributed by atoms with Gasteiger partial charge in [0.25, 0.3) is 5.56 Å². The summed E-state index contributed by atoms with van der Waals surface area (Å²) in [5.41, 5.74) is 4.74. The van der Waals surface area contributed by atoms with E-state index in [0.717, 1.165) is 23.1 Å². The number of nitrogens with one attached hydrogen (secondary N) is 1. The number of nitrogens with zero attached hydrogens (tertiary/aromatic N) is 2. The normalized spacial score (nSPS) is 11.0. The van der Waals surface area contributed by atoms with Crippen molar-refractivity contribution < 1.29 is 4.79 Å². The highest BCUT2D eigenvalue weighted by Gasteiger charge is 2.12. The van der Waals surface area contributed by atoms with Crippen LogP contribution in [0.5, 0.6) is 0 Å². The Hall–Kier alpha value is -3.60. The number of hydrogen-bond acceptors (Lipinski definition) is 2. The largest absolute Gasteiger partial charge is 0.339 e. The molecule has 30 heavy (non-hydrogen) atoms. The summed E-state index contributed by atoms with van der Waals surface area (Å²) in [4.78, 5) is 25.6. The molecule has 1 amide bonds. The lowest BCUT2D eigenvalue weighted by Gasteiger charge is -2.11. The molecule has 5 heteroatoms. The van der Waals surface area contributed by atoms with Crippen LogP contribution in [0.1, 0.15) is 23.6 Å². The number of pyridine rings is 1. The van der Waals surface area contributed by atoms with Crippen LogP contribution in [0.4, 0.5) is 5.69 Å². The molecule has 0 radical (unpaired) electrons. The Labute approximate surface area is 175 Å². The maximum absolute atomic E-state index is 13.1. The van der Waals surface area contributed by atoms with E-state index < -0.39 is 0 Å². The number of amides is 1. The van der Waals surface area contributed by atoms with E-state index in [9.17, 15) is 9.59 Å². The molecule has 0 saturated heterocycles. The number of aryl methyl sites for hydroxylation is 2. The number of anilines is 1. The summed E-state index contributed by atoms with van der Waals surface area (Å²) in [5.74, 6) is -0.224. The second kappa shape index (κ2) is 8.41. The number of carbonyl (C=O) groups excluding carboxylic acids is 1. The molecule has 0 fully saturated rings. The van der Waals surface area contributed by atoms with Crippen molar-refractivity contribution >= 4 is 22.5 Å². The summed E-state index contributed by atoms with van der Waals surface area (Å²) >= 11 is 0. The minimum absolute atomic E-state index is 0.0279. The predicted octanol–water partition coefficient (Wildman–Crippen LogP) is 4.36. The molecule has 0 aliphatic heterocycles. The lowest BCUT2D eigenvalue weighted by Crippen LogP contribution is -2.28. The Kier molecular flexibility index (Phi) is 5.53. The van der Waals surface area contributed by atoms with Gasteiger partial charge in [-0.2, -0.15) is 0 Å². The number of rotatable bonds is 6. The van der Waals surface area contributed by atoms with Gasteiger partial charge in [0.1, 0.15) is 12.1 Å². The van der Waals surface area contributed by atoms with Crippen molar-refractivity contribution in [2.75, 3.05) is 5.32 Å². The van der Waals surface area contributed by atoms with Crippen LogP contribution in [-0.2, 0) is 24.3 Å². The molecule has 1 N–H and O–H groups in total. The second-order valence-corrected chi connectivity index (χ2v) is 7.52. The van der Waals surface area contributed by atoms with E-state index >= 15 is 0 Å². The Balaban J connectivity index is 1.57. The average Bonchev–Trinajstić information content (AvgIpc) is 3.16. The van der Waals surface area contributed by atoms with Gasteiger partial charge in [0, 0.05) is 30.0 Å². The summed E-state index contributed by atoms with van der Waals surface area (Å²) in [6, 6.07) is 19.7. The smallest absolute Gasteiger partial charge is 0.275 e. The highest BCUT2D eigenvalue weighted by Crippen LogP contribution is 2.16. The standard InChI is InChI=1S/C25H25N3O2/c1-3-19-8-10-22(11-9-19)26-23(29)17-28-15-13-20-12-14-27(24(20)25(28)30)16-21-7-5-4-6-18(21)2/h4-15H,3,16-17H2,1-2H3,(H,26,29). The predicted molar refractivity (Wildman–Crippen MR) is 121 cm³/mol. The van der Waals surface area contributed by atoms with Gasteiger partial charge in [0.2, 0.25) is 5.91 Å². The lowest BCUT2D eigenvalue weighted by atomic mass is 10.1. The first-order valence-electron chi connectivity index (χ1n) is 10.2. The van der Waals surface area contributed by atoms with E-state index in [2.05, 4.69) is 31.3 Å². The summed E-state index contributed by atoms with van der Waals surface area (Å²) in [6.45, 7) is 4.74. The van der Waals surface area contributed by atoms with Crippen molar-refractivity contribution in [1.29, 1.82) is 0 Å². The lowest BCUT2D eigenvalue weighted by molar-refractivity contribution is -0.116. The van der Waals surface area contributed by atoms with Crippen molar-refractivity contribution in [3.8, 4) is 0 Å². The first kappa shape index (κ1) is 19.7. The minimum atomic E-state index is -0.224. The van der Waals surface area contributed by atoms with Crippen molar-refractivity contribution in [2.24, 2.45) is 0 Å². The van der Waals surface area contributed by atoms with Crippen molar-refractivity contribution in [1.82, 2.24) is 9.13 Å². The monoisotopic (exact) mass is 399 g/mol. The highest BCUT2D eigenvalue weighted by molar-refractivity contribution is 5.90. The van der Waals surface area contributed by atoms with Gasteiger partial charge in [0.05, 0.1) is 0 Å². The van der Waals surface area contributed by atoms with Crippen LogP contribution in [0.15, 0.2) is 77.9 Å². The first-order valence-corrected chi connectivity index (χ1v) is 10.2. The molecule has 4 aromatic rings. The van der Waals surface area contributed by atoms with Gasteiger partial charge in [-0.05, 0) is 54.3 Å². The van der Waals surface area contributed by atoms with Gasteiger partial charge in [0.15, 0.2) is 0 Å². The fourth-order valence-corrected chi connectivity index (χ4v) is 3.65. The molecule has 0 bridgehead atoms. The zero-order valence-corrected chi connectivity index (χ0v) is 17.3. The van der Waals surface area contributed by atoms with Gasteiger partial charge in [-0.25, -0.2) is 0 Å². The van der Waals surface area contributed by atoms with Crippen LogP contribution >= 0.6 is 0 Å². The molecular weight excluding hydrogens is 374 g/mol. The first-order chi connectivity index (χ1) is 14.5. The third-order valence-corrected chi connectivity index (χ3v) is 5.45. The van der Waals surface area contributed by atoms with Crippen molar-refractivity contribution in [2.45, 2.75) is 33.4 Å². The van der Waals surface area contributed by atoms with Gasteiger partial charge < -0.3 is 14.5 Å². The molecule has 0 atom stereocenters. The molecule has 0 aliphatic rings. The molecule has 5 nitrogen and oxygen atoms in total. The van der Waals surface area contributed by atoms with Crippen LogP contribution in [-0.4, -0.2) is 15.0 Å². The number of fused-ring (bicyclic) bond motifs is 1.